The van der Waals surface area contributed by atoms with Crippen LogP contribution in [0.1, 0.15) is 38.9 Å². The molecular formula is C14H20O4. The SMILES string of the molecule is CCOc1ccc(C(O)CC(C)(C)C(=O)O)cc1. The Morgan fingerprint density at radius 3 is 2.33 bits per heavy atom. The summed E-state index contributed by atoms with van der Waals surface area (Å²) in [4.78, 5) is 11.0. The molecule has 1 aromatic carbocycles. The van der Waals surface area contributed by atoms with Gasteiger partial charge in [0.25, 0.3) is 0 Å². The molecule has 0 aliphatic rings. The van der Waals surface area contributed by atoms with E-state index in [-0.39, 0.29) is 6.42 Å². The average Bonchev–Trinajstić information content (AvgIpc) is 2.29. The summed E-state index contributed by atoms with van der Waals surface area (Å²) in [6.07, 6.45) is -0.608. The minimum absolute atomic E-state index is 0.177. The molecule has 0 fully saturated rings. The van der Waals surface area contributed by atoms with Crippen LogP contribution in [0.2, 0.25) is 0 Å². The number of rotatable bonds is 6. The van der Waals surface area contributed by atoms with Crippen LogP contribution < -0.4 is 4.74 Å². The smallest absolute Gasteiger partial charge is 0.309 e. The number of aliphatic carboxylic acids is 1. The van der Waals surface area contributed by atoms with Crippen LogP contribution in [0, 0.1) is 5.41 Å². The van der Waals surface area contributed by atoms with Crippen molar-refractivity contribution in [2.45, 2.75) is 33.3 Å². The fourth-order valence-corrected chi connectivity index (χ4v) is 1.64. The van der Waals surface area contributed by atoms with Gasteiger partial charge in [0, 0.05) is 0 Å². The van der Waals surface area contributed by atoms with Crippen LogP contribution in [-0.4, -0.2) is 22.8 Å². The van der Waals surface area contributed by atoms with Gasteiger partial charge in [0.1, 0.15) is 5.75 Å². The minimum Gasteiger partial charge on any atom is -0.494 e. The lowest BCUT2D eigenvalue weighted by Gasteiger charge is -2.23. The standard InChI is InChI=1S/C14H20O4/c1-4-18-11-7-5-10(6-8-11)12(15)9-14(2,3)13(16)17/h5-8,12,15H,4,9H2,1-3H3,(H,16,17). The number of carboxylic acid groups (broad SMARTS) is 1. The van der Waals surface area contributed by atoms with Gasteiger partial charge in [-0.25, -0.2) is 0 Å². The molecule has 4 nitrogen and oxygen atoms in total. The maximum Gasteiger partial charge on any atom is 0.309 e. The fraction of sp³-hybridized carbons (Fsp3) is 0.500. The topological polar surface area (TPSA) is 66.8 Å². The second kappa shape index (κ2) is 5.87. The number of hydrogen-bond donors (Lipinski definition) is 2. The summed E-state index contributed by atoms with van der Waals surface area (Å²) < 4.78 is 5.30. The largest absolute Gasteiger partial charge is 0.494 e. The molecule has 0 aliphatic carbocycles. The van der Waals surface area contributed by atoms with Gasteiger partial charge in [0.05, 0.1) is 18.1 Å². The summed E-state index contributed by atoms with van der Waals surface area (Å²) in [5.74, 6) is -0.168. The van der Waals surface area contributed by atoms with Crippen molar-refractivity contribution in [3.05, 3.63) is 29.8 Å². The zero-order valence-corrected chi connectivity index (χ0v) is 11.0. The Kier molecular flexibility index (Phi) is 4.73. The molecule has 1 aromatic rings. The Morgan fingerprint density at radius 2 is 1.89 bits per heavy atom. The fourth-order valence-electron chi connectivity index (χ4n) is 1.64. The molecule has 0 radical (unpaired) electrons. The molecule has 0 aliphatic heterocycles. The molecule has 1 rings (SSSR count). The van der Waals surface area contributed by atoms with Gasteiger partial charge in [0.15, 0.2) is 0 Å². The lowest BCUT2D eigenvalue weighted by atomic mass is 9.85. The van der Waals surface area contributed by atoms with Gasteiger partial charge < -0.3 is 14.9 Å². The molecule has 100 valence electrons. The number of carbonyl (C=O) groups is 1. The highest BCUT2D eigenvalue weighted by molar-refractivity contribution is 5.73. The van der Waals surface area contributed by atoms with Crippen LogP contribution in [-0.2, 0) is 4.79 Å². The van der Waals surface area contributed by atoms with Gasteiger partial charge in [-0.3, -0.25) is 4.79 Å². The third-order valence-electron chi connectivity index (χ3n) is 2.86. The third kappa shape index (κ3) is 3.74. The molecule has 0 saturated heterocycles. The number of ether oxygens (including phenoxy) is 1. The van der Waals surface area contributed by atoms with E-state index in [9.17, 15) is 9.90 Å². The van der Waals surface area contributed by atoms with E-state index in [0.717, 1.165) is 5.75 Å². The minimum atomic E-state index is -0.946. The first-order valence-corrected chi connectivity index (χ1v) is 6.01. The van der Waals surface area contributed by atoms with Crippen LogP contribution in [0.5, 0.6) is 5.75 Å². The molecule has 1 atom stereocenters. The molecular weight excluding hydrogens is 232 g/mol. The summed E-state index contributed by atoms with van der Waals surface area (Å²) in [5.41, 5.74) is -0.245. The third-order valence-corrected chi connectivity index (χ3v) is 2.86. The number of hydrogen-bond acceptors (Lipinski definition) is 3. The second-order valence-electron chi connectivity index (χ2n) is 4.91. The van der Waals surface area contributed by atoms with E-state index in [1.165, 1.54) is 0 Å². The number of aliphatic hydroxyl groups excluding tert-OH is 1. The molecule has 0 amide bonds. The van der Waals surface area contributed by atoms with Gasteiger partial charge in [-0.1, -0.05) is 12.1 Å². The highest BCUT2D eigenvalue weighted by Gasteiger charge is 2.30. The van der Waals surface area contributed by atoms with Crippen molar-refractivity contribution in [2.75, 3.05) is 6.61 Å². The maximum absolute atomic E-state index is 11.0. The number of benzene rings is 1. The Morgan fingerprint density at radius 1 is 1.33 bits per heavy atom. The molecule has 0 spiro atoms. The van der Waals surface area contributed by atoms with E-state index in [1.54, 1.807) is 38.1 Å². The molecule has 18 heavy (non-hydrogen) atoms. The Bertz CT molecular complexity index is 395. The Balaban J connectivity index is 2.72. The number of aliphatic hydroxyl groups is 1. The van der Waals surface area contributed by atoms with Gasteiger partial charge >= 0.3 is 5.97 Å². The summed E-state index contributed by atoms with van der Waals surface area (Å²) in [7, 11) is 0. The summed E-state index contributed by atoms with van der Waals surface area (Å²) in [6, 6.07) is 7.06. The normalized spacial score (nSPS) is 13.1. The first kappa shape index (κ1) is 14.5. The van der Waals surface area contributed by atoms with Crippen molar-refractivity contribution in [3.63, 3.8) is 0 Å². The molecule has 0 bridgehead atoms. The molecule has 0 heterocycles. The van der Waals surface area contributed by atoms with Crippen LogP contribution >= 0.6 is 0 Å². The van der Waals surface area contributed by atoms with Crippen LogP contribution in [0.3, 0.4) is 0 Å². The van der Waals surface area contributed by atoms with Crippen molar-refractivity contribution in [1.82, 2.24) is 0 Å². The van der Waals surface area contributed by atoms with E-state index in [0.29, 0.717) is 12.2 Å². The van der Waals surface area contributed by atoms with E-state index < -0.39 is 17.5 Å². The van der Waals surface area contributed by atoms with Crippen molar-refractivity contribution in [1.29, 1.82) is 0 Å². The second-order valence-corrected chi connectivity index (χ2v) is 4.91. The highest BCUT2D eigenvalue weighted by atomic mass is 16.5. The predicted molar refractivity (Wildman–Crippen MR) is 68.6 cm³/mol. The van der Waals surface area contributed by atoms with Crippen molar-refractivity contribution < 1.29 is 19.7 Å². The average molecular weight is 252 g/mol. The van der Waals surface area contributed by atoms with Crippen molar-refractivity contribution in [3.8, 4) is 5.75 Å². The van der Waals surface area contributed by atoms with Gasteiger partial charge in [-0.2, -0.15) is 0 Å². The lowest BCUT2D eigenvalue weighted by Crippen LogP contribution is -2.26. The predicted octanol–water partition coefficient (Wildman–Crippen LogP) is 2.62. The highest BCUT2D eigenvalue weighted by Crippen LogP contribution is 2.30. The Labute approximate surface area is 107 Å². The molecule has 1 unspecified atom stereocenters. The van der Waals surface area contributed by atoms with Crippen molar-refractivity contribution >= 4 is 5.97 Å². The van der Waals surface area contributed by atoms with Gasteiger partial charge in [0.2, 0.25) is 0 Å². The first-order chi connectivity index (χ1) is 8.36. The first-order valence-electron chi connectivity index (χ1n) is 6.01. The van der Waals surface area contributed by atoms with Gasteiger partial charge in [-0.15, -0.1) is 0 Å². The summed E-state index contributed by atoms with van der Waals surface area (Å²) in [5, 5.41) is 19.0. The molecule has 4 heteroatoms. The van der Waals surface area contributed by atoms with E-state index in [4.69, 9.17) is 9.84 Å². The molecule has 0 aromatic heterocycles. The zero-order chi connectivity index (χ0) is 13.8. The lowest BCUT2D eigenvalue weighted by molar-refractivity contribution is -0.148. The van der Waals surface area contributed by atoms with Crippen molar-refractivity contribution in [2.24, 2.45) is 5.41 Å². The van der Waals surface area contributed by atoms with E-state index >= 15 is 0 Å². The quantitative estimate of drug-likeness (QED) is 0.816. The maximum atomic E-state index is 11.0. The monoisotopic (exact) mass is 252 g/mol. The number of carboxylic acids is 1. The van der Waals surface area contributed by atoms with Crippen LogP contribution in [0.4, 0.5) is 0 Å². The van der Waals surface area contributed by atoms with Crippen LogP contribution in [0.15, 0.2) is 24.3 Å². The summed E-state index contributed by atoms with van der Waals surface area (Å²) in [6.45, 7) is 5.70. The van der Waals surface area contributed by atoms with E-state index in [1.807, 2.05) is 6.92 Å². The van der Waals surface area contributed by atoms with Crippen LogP contribution in [0.25, 0.3) is 0 Å². The molecule has 2 N–H and O–H groups in total. The zero-order valence-electron chi connectivity index (χ0n) is 11.0. The van der Waals surface area contributed by atoms with Gasteiger partial charge in [-0.05, 0) is 44.9 Å². The van der Waals surface area contributed by atoms with E-state index in [2.05, 4.69) is 0 Å². The molecule has 0 saturated carbocycles. The summed E-state index contributed by atoms with van der Waals surface area (Å²) >= 11 is 0. The Hall–Kier alpha value is -1.55.